The maximum atomic E-state index is 12.2. The zero-order valence-electron chi connectivity index (χ0n) is 9.31. The minimum absolute atomic E-state index is 0.467. The Morgan fingerprint density at radius 3 is 2.38 bits per heavy atom. The predicted molar refractivity (Wildman–Crippen MR) is 65.3 cm³/mol. The van der Waals surface area contributed by atoms with Gasteiger partial charge in [0.1, 0.15) is 0 Å². The third kappa shape index (κ3) is 2.39. The van der Waals surface area contributed by atoms with Crippen molar-refractivity contribution in [2.75, 3.05) is 14.2 Å². The molecule has 0 aliphatic heterocycles. The number of hydrogen-bond acceptors (Lipinski definition) is 4. The Morgan fingerprint density at radius 2 is 1.94 bits per heavy atom. The van der Waals surface area contributed by atoms with Gasteiger partial charge < -0.3 is 14.2 Å². The molecule has 0 amide bonds. The molecular formula is C10H14BrO4P. The molecule has 6 heteroatoms. The van der Waals surface area contributed by atoms with Crippen LogP contribution in [0.5, 0.6) is 0 Å². The first kappa shape index (κ1) is 13.9. The van der Waals surface area contributed by atoms with Crippen molar-refractivity contribution in [3.63, 3.8) is 0 Å². The van der Waals surface area contributed by atoms with Crippen LogP contribution in [-0.2, 0) is 19.0 Å². The molecule has 0 spiro atoms. The first-order valence-electron chi connectivity index (χ1n) is 4.57. The van der Waals surface area contributed by atoms with Crippen molar-refractivity contribution >= 4 is 23.5 Å². The average Bonchev–Trinajstić information content (AvgIpc) is 2.27. The van der Waals surface area contributed by atoms with E-state index in [1.807, 2.05) is 6.07 Å². The summed E-state index contributed by atoms with van der Waals surface area (Å²) >= 11 is 3.28. The molecule has 1 N–H and O–H groups in total. The average molecular weight is 309 g/mol. The number of halogens is 1. The number of aliphatic hydroxyl groups is 1. The van der Waals surface area contributed by atoms with Crippen molar-refractivity contribution in [2.24, 2.45) is 0 Å². The van der Waals surface area contributed by atoms with Crippen LogP contribution < -0.4 is 0 Å². The highest BCUT2D eigenvalue weighted by Crippen LogP contribution is 2.62. The Bertz CT molecular complexity index is 411. The van der Waals surface area contributed by atoms with Gasteiger partial charge in [-0.25, -0.2) is 0 Å². The van der Waals surface area contributed by atoms with Gasteiger partial charge in [-0.2, -0.15) is 0 Å². The van der Waals surface area contributed by atoms with Crippen LogP contribution in [0.2, 0.25) is 0 Å². The van der Waals surface area contributed by atoms with E-state index in [0.29, 0.717) is 5.56 Å². The van der Waals surface area contributed by atoms with Gasteiger partial charge in [0.15, 0.2) is 5.34 Å². The predicted octanol–water partition coefficient (Wildman–Crippen LogP) is 3.10. The topological polar surface area (TPSA) is 55.8 Å². The molecule has 1 unspecified atom stereocenters. The number of rotatable bonds is 4. The highest BCUT2D eigenvalue weighted by atomic mass is 79.9. The zero-order chi connectivity index (χ0) is 12.4. The summed E-state index contributed by atoms with van der Waals surface area (Å²) in [5.74, 6) is 0. The highest BCUT2D eigenvalue weighted by molar-refractivity contribution is 9.10. The van der Waals surface area contributed by atoms with E-state index in [9.17, 15) is 9.67 Å². The summed E-state index contributed by atoms with van der Waals surface area (Å²) in [6, 6.07) is 6.88. The fraction of sp³-hybridized carbons (Fsp3) is 0.400. The highest BCUT2D eigenvalue weighted by Gasteiger charge is 2.46. The van der Waals surface area contributed by atoms with Crippen LogP contribution in [0.15, 0.2) is 28.7 Å². The Kier molecular flexibility index (Phi) is 4.32. The van der Waals surface area contributed by atoms with Gasteiger partial charge in [0.2, 0.25) is 0 Å². The molecule has 0 saturated heterocycles. The lowest BCUT2D eigenvalue weighted by molar-refractivity contribution is 0.0932. The minimum atomic E-state index is -3.59. The molecule has 0 aromatic heterocycles. The molecule has 1 rings (SSSR count). The van der Waals surface area contributed by atoms with E-state index in [1.54, 1.807) is 18.2 Å². The van der Waals surface area contributed by atoms with Crippen molar-refractivity contribution < 1.29 is 18.7 Å². The molecule has 0 bridgehead atoms. The van der Waals surface area contributed by atoms with E-state index >= 15 is 0 Å². The van der Waals surface area contributed by atoms with Crippen molar-refractivity contribution in [1.82, 2.24) is 0 Å². The van der Waals surface area contributed by atoms with Gasteiger partial charge in [0.25, 0.3) is 0 Å². The smallest absolute Gasteiger partial charge is 0.365 e. The van der Waals surface area contributed by atoms with E-state index in [1.165, 1.54) is 21.1 Å². The molecule has 0 heterocycles. The van der Waals surface area contributed by atoms with Crippen molar-refractivity contribution in [2.45, 2.75) is 12.3 Å². The summed E-state index contributed by atoms with van der Waals surface area (Å²) < 4.78 is 22.6. The van der Waals surface area contributed by atoms with E-state index in [4.69, 9.17) is 9.05 Å². The summed E-state index contributed by atoms with van der Waals surface area (Å²) in [5.41, 5.74) is 0.467. The lowest BCUT2D eigenvalue weighted by atomic mass is 10.1. The summed E-state index contributed by atoms with van der Waals surface area (Å²) in [6.45, 7) is 1.41. The lowest BCUT2D eigenvalue weighted by Gasteiger charge is -2.30. The van der Waals surface area contributed by atoms with Gasteiger partial charge in [-0.3, -0.25) is 4.57 Å². The molecular weight excluding hydrogens is 295 g/mol. The first-order chi connectivity index (χ1) is 7.37. The van der Waals surface area contributed by atoms with Crippen LogP contribution in [-0.4, -0.2) is 19.3 Å². The molecule has 4 nitrogen and oxygen atoms in total. The first-order valence-corrected chi connectivity index (χ1v) is 6.91. The monoisotopic (exact) mass is 308 g/mol. The second-order valence-electron chi connectivity index (χ2n) is 3.39. The molecule has 1 aromatic rings. The lowest BCUT2D eigenvalue weighted by Crippen LogP contribution is -2.23. The molecule has 0 fully saturated rings. The van der Waals surface area contributed by atoms with Gasteiger partial charge in [-0.15, -0.1) is 0 Å². The summed E-state index contributed by atoms with van der Waals surface area (Å²) in [7, 11) is -1.10. The van der Waals surface area contributed by atoms with Gasteiger partial charge in [0.05, 0.1) is 0 Å². The van der Waals surface area contributed by atoms with E-state index in [-0.39, 0.29) is 0 Å². The summed E-state index contributed by atoms with van der Waals surface area (Å²) in [4.78, 5) is 0. The van der Waals surface area contributed by atoms with Crippen molar-refractivity contribution in [3.05, 3.63) is 34.3 Å². The molecule has 1 aromatic carbocycles. The maximum Gasteiger partial charge on any atom is 0.365 e. The van der Waals surface area contributed by atoms with Crippen LogP contribution >= 0.6 is 23.5 Å². The van der Waals surface area contributed by atoms with Gasteiger partial charge in [0, 0.05) is 18.7 Å². The number of hydrogen-bond donors (Lipinski definition) is 1. The second-order valence-corrected chi connectivity index (χ2v) is 6.91. The third-order valence-electron chi connectivity index (χ3n) is 2.39. The Hall–Kier alpha value is -0.190. The molecule has 0 aliphatic carbocycles. The third-order valence-corrected chi connectivity index (χ3v) is 5.16. The van der Waals surface area contributed by atoms with Crippen molar-refractivity contribution in [1.29, 1.82) is 0 Å². The van der Waals surface area contributed by atoms with Crippen LogP contribution in [0.25, 0.3) is 0 Å². The van der Waals surface area contributed by atoms with Gasteiger partial charge >= 0.3 is 7.60 Å². The van der Waals surface area contributed by atoms with E-state index < -0.39 is 12.9 Å². The quantitative estimate of drug-likeness (QED) is 0.868. The number of benzene rings is 1. The largest absolute Gasteiger partial charge is 0.373 e. The van der Waals surface area contributed by atoms with Crippen LogP contribution in [0.1, 0.15) is 12.5 Å². The second kappa shape index (κ2) is 4.98. The van der Waals surface area contributed by atoms with Gasteiger partial charge in [-0.05, 0) is 24.6 Å². The minimum Gasteiger partial charge on any atom is -0.373 e. The molecule has 0 aliphatic rings. The molecule has 1 atom stereocenters. The van der Waals surface area contributed by atoms with Crippen molar-refractivity contribution in [3.8, 4) is 0 Å². The van der Waals surface area contributed by atoms with E-state index in [2.05, 4.69) is 15.9 Å². The normalized spacial score (nSPS) is 15.8. The molecule has 16 heavy (non-hydrogen) atoms. The Morgan fingerprint density at radius 1 is 1.38 bits per heavy atom. The van der Waals surface area contributed by atoms with Crippen LogP contribution in [0, 0.1) is 0 Å². The van der Waals surface area contributed by atoms with Gasteiger partial charge in [-0.1, -0.05) is 28.1 Å². The summed E-state index contributed by atoms with van der Waals surface area (Å²) in [5, 5.41) is 8.62. The molecule has 0 saturated carbocycles. The Balaban J connectivity index is 3.25. The molecule has 0 radical (unpaired) electrons. The Labute approximate surface area is 103 Å². The maximum absolute atomic E-state index is 12.2. The SMILES string of the molecule is COP(=O)(OC)C(C)(O)c1cccc(Br)c1. The van der Waals surface area contributed by atoms with E-state index in [0.717, 1.165) is 4.47 Å². The standard InChI is InChI=1S/C10H14BrO4P/c1-10(12,16(13,14-2)15-3)8-5-4-6-9(11)7-8/h4-7,12H,1-3H3. The van der Waals surface area contributed by atoms with Crippen LogP contribution in [0.4, 0.5) is 0 Å². The zero-order valence-corrected chi connectivity index (χ0v) is 11.8. The fourth-order valence-corrected chi connectivity index (χ4v) is 3.09. The van der Waals surface area contributed by atoms with Crippen LogP contribution in [0.3, 0.4) is 0 Å². The molecule has 90 valence electrons. The fourth-order valence-electron chi connectivity index (χ4n) is 1.37. The summed E-state index contributed by atoms with van der Waals surface area (Å²) in [6.07, 6.45) is 0.